The van der Waals surface area contributed by atoms with Gasteiger partial charge < -0.3 is 0 Å². The molecular formula is C11H8ClF3. The fourth-order valence-electron chi connectivity index (χ4n) is 0.947. The van der Waals surface area contributed by atoms with Crippen molar-refractivity contribution in [3.05, 3.63) is 35.1 Å². The molecule has 0 fully saturated rings. The van der Waals surface area contributed by atoms with E-state index >= 15 is 0 Å². The van der Waals surface area contributed by atoms with Crippen molar-refractivity contribution in [3.8, 4) is 11.8 Å². The van der Waals surface area contributed by atoms with E-state index in [9.17, 15) is 13.2 Å². The highest BCUT2D eigenvalue weighted by atomic mass is 35.5. The van der Waals surface area contributed by atoms with Gasteiger partial charge in [0.2, 0.25) is 0 Å². The summed E-state index contributed by atoms with van der Waals surface area (Å²) in [7, 11) is 0. The van der Waals surface area contributed by atoms with Crippen LogP contribution >= 0.6 is 11.6 Å². The number of benzene rings is 1. The van der Waals surface area contributed by atoms with Crippen molar-refractivity contribution >= 4 is 11.6 Å². The summed E-state index contributed by atoms with van der Waals surface area (Å²) < 4.78 is 38.0. The van der Waals surface area contributed by atoms with Crippen LogP contribution in [0.1, 0.15) is 18.4 Å². The van der Waals surface area contributed by atoms with Crippen LogP contribution in [-0.4, -0.2) is 5.88 Å². The normalized spacial score (nSPS) is 9.60. The zero-order valence-corrected chi connectivity index (χ0v) is 8.54. The molecule has 0 atom stereocenters. The van der Waals surface area contributed by atoms with Crippen LogP contribution < -0.4 is 0 Å². The zero-order valence-electron chi connectivity index (χ0n) is 7.79. The fraction of sp³-hybridized carbons (Fsp3) is 0.273. The third kappa shape index (κ3) is 3.49. The number of hydrogen-bond acceptors (Lipinski definition) is 0. The lowest BCUT2D eigenvalue weighted by Gasteiger charge is -1.95. The molecule has 0 aliphatic carbocycles. The molecule has 1 aromatic carbocycles. The summed E-state index contributed by atoms with van der Waals surface area (Å²) in [5.41, 5.74) is 0.126. The topological polar surface area (TPSA) is 0 Å². The average Bonchev–Trinajstić information content (AvgIpc) is 2.21. The molecule has 1 aromatic rings. The first-order valence-electron chi connectivity index (χ1n) is 4.34. The second-order valence-corrected chi connectivity index (χ2v) is 3.23. The average molecular weight is 233 g/mol. The van der Waals surface area contributed by atoms with E-state index in [-0.39, 0.29) is 5.56 Å². The van der Waals surface area contributed by atoms with Gasteiger partial charge in [0.1, 0.15) is 0 Å². The molecule has 0 bridgehead atoms. The quantitative estimate of drug-likeness (QED) is 0.317. The molecule has 0 saturated carbocycles. The lowest BCUT2D eigenvalue weighted by molar-refractivity contribution is 0.446. The zero-order chi connectivity index (χ0) is 11.3. The minimum atomic E-state index is -1.47. The van der Waals surface area contributed by atoms with Crippen LogP contribution in [0.25, 0.3) is 0 Å². The Bertz CT molecular complexity index is 381. The maximum Gasteiger partial charge on any atom is 0.194 e. The first-order valence-corrected chi connectivity index (χ1v) is 4.88. The van der Waals surface area contributed by atoms with Crippen LogP contribution in [0.15, 0.2) is 12.1 Å². The van der Waals surface area contributed by atoms with E-state index in [2.05, 4.69) is 11.8 Å². The molecule has 0 aliphatic rings. The summed E-state index contributed by atoms with van der Waals surface area (Å²) >= 11 is 5.42. The lowest BCUT2D eigenvalue weighted by Crippen LogP contribution is -1.91. The number of alkyl halides is 1. The van der Waals surface area contributed by atoms with Gasteiger partial charge in [0.05, 0.1) is 0 Å². The second-order valence-electron chi connectivity index (χ2n) is 2.85. The molecule has 1 rings (SSSR count). The van der Waals surface area contributed by atoms with Crippen LogP contribution in [0.4, 0.5) is 13.2 Å². The molecule has 0 amide bonds. The molecule has 0 N–H and O–H groups in total. The number of hydrogen-bond donors (Lipinski definition) is 0. The van der Waals surface area contributed by atoms with E-state index in [0.29, 0.717) is 18.7 Å². The molecule has 0 aromatic heterocycles. The van der Waals surface area contributed by atoms with Crippen molar-refractivity contribution in [2.24, 2.45) is 0 Å². The standard InChI is InChI=1S/C11H8ClF3/c12-5-3-1-2-4-8-6-9(13)11(15)10(14)7-8/h6-7H,1,3,5H2. The van der Waals surface area contributed by atoms with Gasteiger partial charge >= 0.3 is 0 Å². The largest absolute Gasteiger partial charge is 0.204 e. The first kappa shape index (κ1) is 11.9. The summed E-state index contributed by atoms with van der Waals surface area (Å²) in [5.74, 6) is 1.78. The van der Waals surface area contributed by atoms with Gasteiger partial charge in [0.15, 0.2) is 17.5 Å². The molecule has 0 heterocycles. The predicted octanol–water partition coefficient (Wildman–Crippen LogP) is 3.47. The summed E-state index contributed by atoms with van der Waals surface area (Å²) in [4.78, 5) is 0. The third-order valence-corrected chi connectivity index (χ3v) is 1.92. The molecule has 0 spiro atoms. The van der Waals surface area contributed by atoms with Crippen molar-refractivity contribution < 1.29 is 13.2 Å². The van der Waals surface area contributed by atoms with Crippen LogP contribution in [0.2, 0.25) is 0 Å². The van der Waals surface area contributed by atoms with Crippen LogP contribution in [-0.2, 0) is 0 Å². The molecule has 0 unspecified atom stereocenters. The Morgan fingerprint density at radius 2 is 1.73 bits per heavy atom. The maximum absolute atomic E-state index is 12.7. The van der Waals surface area contributed by atoms with Crippen molar-refractivity contribution in [2.45, 2.75) is 12.8 Å². The Balaban J connectivity index is 2.81. The van der Waals surface area contributed by atoms with Crippen molar-refractivity contribution in [2.75, 3.05) is 5.88 Å². The van der Waals surface area contributed by atoms with Crippen molar-refractivity contribution in [1.29, 1.82) is 0 Å². The number of unbranched alkanes of at least 4 members (excludes halogenated alkanes) is 1. The molecular weight excluding hydrogens is 225 g/mol. The Morgan fingerprint density at radius 1 is 1.13 bits per heavy atom. The highest BCUT2D eigenvalue weighted by Crippen LogP contribution is 2.12. The highest BCUT2D eigenvalue weighted by molar-refractivity contribution is 6.17. The lowest BCUT2D eigenvalue weighted by atomic mass is 10.2. The minimum Gasteiger partial charge on any atom is -0.204 e. The van der Waals surface area contributed by atoms with Crippen LogP contribution in [0.3, 0.4) is 0 Å². The molecule has 0 nitrogen and oxygen atoms in total. The molecule has 0 aliphatic heterocycles. The monoisotopic (exact) mass is 232 g/mol. The van der Waals surface area contributed by atoms with Crippen LogP contribution in [0, 0.1) is 29.3 Å². The molecule has 4 heteroatoms. The number of rotatable bonds is 2. The van der Waals surface area contributed by atoms with E-state index < -0.39 is 17.5 Å². The van der Waals surface area contributed by atoms with Gasteiger partial charge in [-0.25, -0.2) is 13.2 Å². The summed E-state index contributed by atoms with van der Waals surface area (Å²) in [6.07, 6.45) is 1.25. The second kappa shape index (κ2) is 5.67. The van der Waals surface area contributed by atoms with Crippen molar-refractivity contribution in [3.63, 3.8) is 0 Å². The number of halogens is 4. The Morgan fingerprint density at radius 3 is 2.27 bits per heavy atom. The highest BCUT2D eigenvalue weighted by Gasteiger charge is 2.08. The van der Waals surface area contributed by atoms with E-state index in [1.54, 1.807) is 0 Å². The van der Waals surface area contributed by atoms with Gasteiger partial charge in [-0.15, -0.1) is 11.6 Å². The maximum atomic E-state index is 12.7. The Labute approximate surface area is 91.1 Å². The molecule has 15 heavy (non-hydrogen) atoms. The van der Waals surface area contributed by atoms with Gasteiger partial charge in [-0.3, -0.25) is 0 Å². The van der Waals surface area contributed by atoms with Gasteiger partial charge in [-0.2, -0.15) is 0 Å². The Kier molecular flexibility index (Phi) is 4.51. The van der Waals surface area contributed by atoms with Gasteiger partial charge in [-0.05, 0) is 18.6 Å². The summed E-state index contributed by atoms with van der Waals surface area (Å²) in [5, 5.41) is 0. The van der Waals surface area contributed by atoms with Gasteiger partial charge in [-0.1, -0.05) is 11.8 Å². The van der Waals surface area contributed by atoms with E-state index in [1.807, 2.05) is 0 Å². The van der Waals surface area contributed by atoms with E-state index in [1.165, 1.54) is 0 Å². The SMILES string of the molecule is Fc1cc(C#CCCCCl)cc(F)c1F. The summed E-state index contributed by atoms with van der Waals surface area (Å²) in [6, 6.07) is 1.73. The van der Waals surface area contributed by atoms with Crippen LogP contribution in [0.5, 0.6) is 0 Å². The smallest absolute Gasteiger partial charge is 0.194 e. The predicted molar refractivity (Wildman–Crippen MR) is 53.1 cm³/mol. The van der Waals surface area contributed by atoms with Crippen molar-refractivity contribution in [1.82, 2.24) is 0 Å². The third-order valence-electron chi connectivity index (χ3n) is 1.65. The minimum absolute atomic E-state index is 0.126. The van der Waals surface area contributed by atoms with E-state index in [4.69, 9.17) is 11.6 Å². The summed E-state index contributed by atoms with van der Waals surface area (Å²) in [6.45, 7) is 0. The van der Waals surface area contributed by atoms with E-state index in [0.717, 1.165) is 12.1 Å². The molecule has 0 saturated heterocycles. The Hall–Kier alpha value is -1.14. The van der Waals surface area contributed by atoms with Gasteiger partial charge in [0, 0.05) is 17.9 Å². The molecule has 0 radical (unpaired) electrons. The molecule has 80 valence electrons. The fourth-order valence-corrected chi connectivity index (χ4v) is 1.08. The van der Waals surface area contributed by atoms with Gasteiger partial charge in [0.25, 0.3) is 0 Å². The first-order chi connectivity index (χ1) is 7.15.